The molecule has 8 heteroatoms. The first-order valence-electron chi connectivity index (χ1n) is 7.92. The molecule has 4 atom stereocenters. The van der Waals surface area contributed by atoms with Crippen molar-refractivity contribution in [2.24, 2.45) is 11.8 Å². The van der Waals surface area contributed by atoms with E-state index in [0.717, 1.165) is 12.8 Å². The second-order valence-corrected chi connectivity index (χ2v) is 5.54. The van der Waals surface area contributed by atoms with Gasteiger partial charge in [0.2, 0.25) is 0 Å². The summed E-state index contributed by atoms with van der Waals surface area (Å²) in [5.41, 5.74) is 0. The first-order chi connectivity index (χ1) is 11.4. The zero-order valence-corrected chi connectivity index (χ0v) is 14.4. The van der Waals surface area contributed by atoms with E-state index in [0.29, 0.717) is 0 Å². The van der Waals surface area contributed by atoms with Crippen LogP contribution in [0.25, 0.3) is 0 Å². The van der Waals surface area contributed by atoms with Gasteiger partial charge in [0.25, 0.3) is 0 Å². The van der Waals surface area contributed by atoms with Crippen molar-refractivity contribution in [2.45, 2.75) is 74.0 Å². The maximum absolute atomic E-state index is 10.8. The fourth-order valence-electron chi connectivity index (χ4n) is 2.50. The van der Waals surface area contributed by atoms with E-state index in [4.69, 9.17) is 9.47 Å². The Morgan fingerprint density at radius 3 is 1.59 bits per heavy atom. The predicted octanol–water partition coefficient (Wildman–Crippen LogP) is 2.91. The van der Waals surface area contributed by atoms with Crippen LogP contribution in [0.2, 0.25) is 0 Å². The number of hydrogen-bond donors (Lipinski definition) is 0. The Kier molecular flexibility index (Phi) is 15.4. The van der Waals surface area contributed by atoms with Crippen molar-refractivity contribution >= 4 is 23.9 Å². The molecule has 2 aliphatic heterocycles. The van der Waals surface area contributed by atoms with Gasteiger partial charge in [0.15, 0.2) is 0 Å². The van der Waals surface area contributed by atoms with E-state index < -0.39 is 0 Å². The minimum Gasteiger partial charge on any atom is -0.469 e. The number of hydrogen-bond acceptors (Lipinski definition) is 8. The van der Waals surface area contributed by atoms with Gasteiger partial charge in [-0.25, -0.2) is 0 Å². The van der Waals surface area contributed by atoms with Gasteiger partial charge in [-0.05, 0) is 12.8 Å². The molecule has 0 aromatic heterocycles. The highest BCUT2D eigenvalue weighted by Crippen LogP contribution is 2.28. The van der Waals surface area contributed by atoms with Crippen LogP contribution in [0.5, 0.6) is 0 Å². The number of rotatable bonds is 6. The van der Waals surface area contributed by atoms with Crippen LogP contribution in [0.3, 0.4) is 0 Å². The van der Waals surface area contributed by atoms with E-state index in [-0.39, 0.29) is 83.0 Å². The SMILES string of the molecule is C.C.C.CC[C@@H]1C(=O)O[C@H]1CC(=O)OC.CC[C@H]1OC(=O)[C@@H]1CC(=O)OC. The topological polar surface area (TPSA) is 105 Å². The molecule has 0 aromatic rings. The van der Waals surface area contributed by atoms with Gasteiger partial charge in [-0.15, -0.1) is 0 Å². The average molecular weight is 392 g/mol. The normalized spacial score (nSPS) is 24.3. The van der Waals surface area contributed by atoms with Gasteiger partial charge in [0.05, 0.1) is 33.0 Å². The average Bonchev–Trinajstić information content (AvgIpc) is 2.57. The van der Waals surface area contributed by atoms with E-state index in [1.54, 1.807) is 0 Å². The summed E-state index contributed by atoms with van der Waals surface area (Å²) in [4.78, 5) is 43.2. The Hall–Kier alpha value is -2.12. The highest BCUT2D eigenvalue weighted by Gasteiger charge is 2.43. The van der Waals surface area contributed by atoms with E-state index in [9.17, 15) is 19.2 Å². The lowest BCUT2D eigenvalue weighted by molar-refractivity contribution is -0.188. The fourth-order valence-corrected chi connectivity index (χ4v) is 2.50. The molecule has 2 aliphatic rings. The number of methoxy groups -OCH3 is 2. The molecule has 0 N–H and O–H groups in total. The molecule has 2 saturated heterocycles. The summed E-state index contributed by atoms with van der Waals surface area (Å²) in [5.74, 6) is -1.55. The minimum atomic E-state index is -0.352. The van der Waals surface area contributed by atoms with Crippen molar-refractivity contribution in [3.8, 4) is 0 Å². The Morgan fingerprint density at radius 1 is 0.778 bits per heavy atom. The number of carbonyl (C=O) groups excluding carboxylic acids is 4. The number of esters is 4. The van der Waals surface area contributed by atoms with Gasteiger partial charge < -0.3 is 18.9 Å². The first-order valence-corrected chi connectivity index (χ1v) is 7.92. The van der Waals surface area contributed by atoms with Gasteiger partial charge in [0.1, 0.15) is 18.1 Å². The zero-order chi connectivity index (χ0) is 18.3. The molecule has 0 aliphatic carbocycles. The second kappa shape index (κ2) is 14.0. The highest BCUT2D eigenvalue weighted by atomic mass is 16.6. The molecule has 2 fully saturated rings. The maximum Gasteiger partial charge on any atom is 0.313 e. The molecule has 27 heavy (non-hydrogen) atoms. The van der Waals surface area contributed by atoms with Crippen LogP contribution < -0.4 is 0 Å². The van der Waals surface area contributed by atoms with Crippen molar-refractivity contribution in [1.82, 2.24) is 0 Å². The molecule has 2 heterocycles. The summed E-state index contributed by atoms with van der Waals surface area (Å²) in [6.07, 6.45) is 1.47. The van der Waals surface area contributed by atoms with Crippen LogP contribution in [0.1, 0.15) is 61.8 Å². The molecule has 160 valence electrons. The summed E-state index contributed by atoms with van der Waals surface area (Å²) in [6.45, 7) is 3.82. The standard InChI is InChI=1S/2C8H12O4.3CH4/c1-3-6-5(8(10)12-6)4-7(9)11-2;1-3-5-6(12-8(5)10)4-7(9)11-2;;;/h2*5-6H,3-4H2,1-2H3;3*1H4/t2*5-,6-;;;/m10.../s1. The lowest BCUT2D eigenvalue weighted by atomic mass is 9.92. The first kappa shape index (κ1) is 29.6. The predicted molar refractivity (Wildman–Crippen MR) is 101 cm³/mol. The molecule has 0 saturated carbocycles. The molecular weight excluding hydrogens is 356 g/mol. The zero-order valence-electron chi connectivity index (χ0n) is 14.4. The lowest BCUT2D eigenvalue weighted by Gasteiger charge is -2.33. The number of carbonyl (C=O) groups is 4. The Morgan fingerprint density at radius 2 is 1.22 bits per heavy atom. The third-order valence-corrected chi connectivity index (χ3v) is 4.09. The van der Waals surface area contributed by atoms with Gasteiger partial charge >= 0.3 is 23.9 Å². The summed E-state index contributed by atoms with van der Waals surface area (Å²) >= 11 is 0. The van der Waals surface area contributed by atoms with Crippen LogP contribution in [0, 0.1) is 11.8 Å². The molecule has 8 nitrogen and oxygen atoms in total. The summed E-state index contributed by atoms with van der Waals surface area (Å²) in [6, 6.07) is 0. The lowest BCUT2D eigenvalue weighted by Crippen LogP contribution is -2.45. The Balaban J connectivity index is -0.000000384. The summed E-state index contributed by atoms with van der Waals surface area (Å²) in [7, 11) is 2.64. The summed E-state index contributed by atoms with van der Waals surface area (Å²) in [5, 5.41) is 0. The fraction of sp³-hybridized carbons (Fsp3) is 0.789. The van der Waals surface area contributed by atoms with E-state index in [1.165, 1.54) is 14.2 Å². The van der Waals surface area contributed by atoms with Gasteiger partial charge in [-0.2, -0.15) is 0 Å². The largest absolute Gasteiger partial charge is 0.469 e. The van der Waals surface area contributed by atoms with Crippen molar-refractivity contribution in [1.29, 1.82) is 0 Å². The van der Waals surface area contributed by atoms with Gasteiger partial charge in [-0.1, -0.05) is 36.1 Å². The monoisotopic (exact) mass is 392 g/mol. The third kappa shape index (κ3) is 7.97. The number of cyclic esters (lactones) is 2. The molecule has 0 bridgehead atoms. The third-order valence-electron chi connectivity index (χ3n) is 4.09. The van der Waals surface area contributed by atoms with Crippen molar-refractivity contribution < 1.29 is 38.1 Å². The Labute approximate surface area is 162 Å². The van der Waals surface area contributed by atoms with E-state index >= 15 is 0 Å². The minimum absolute atomic E-state index is 0. The quantitative estimate of drug-likeness (QED) is 0.502. The van der Waals surface area contributed by atoms with Crippen molar-refractivity contribution in [3.63, 3.8) is 0 Å². The van der Waals surface area contributed by atoms with Crippen LogP contribution in [-0.4, -0.2) is 50.3 Å². The van der Waals surface area contributed by atoms with E-state index in [2.05, 4.69) is 9.47 Å². The smallest absolute Gasteiger partial charge is 0.313 e. The van der Waals surface area contributed by atoms with Crippen molar-refractivity contribution in [3.05, 3.63) is 0 Å². The van der Waals surface area contributed by atoms with Crippen LogP contribution in [0.4, 0.5) is 0 Å². The molecule has 0 spiro atoms. The van der Waals surface area contributed by atoms with Crippen molar-refractivity contribution in [2.75, 3.05) is 14.2 Å². The molecule has 0 unspecified atom stereocenters. The van der Waals surface area contributed by atoms with Gasteiger partial charge in [0, 0.05) is 0 Å². The van der Waals surface area contributed by atoms with E-state index in [1.807, 2.05) is 13.8 Å². The molecular formula is C19H36O8. The van der Waals surface area contributed by atoms with Crippen LogP contribution in [-0.2, 0) is 38.1 Å². The van der Waals surface area contributed by atoms with Crippen LogP contribution >= 0.6 is 0 Å². The molecule has 2 rings (SSSR count). The van der Waals surface area contributed by atoms with Crippen LogP contribution in [0.15, 0.2) is 0 Å². The molecule has 0 radical (unpaired) electrons. The van der Waals surface area contributed by atoms with Gasteiger partial charge in [-0.3, -0.25) is 19.2 Å². The highest BCUT2D eigenvalue weighted by molar-refractivity contribution is 5.84. The number of ether oxygens (including phenoxy) is 4. The molecule has 0 amide bonds. The Bertz CT molecular complexity index is 486. The maximum atomic E-state index is 10.8. The molecule has 0 aromatic carbocycles. The second-order valence-electron chi connectivity index (χ2n) is 5.54. The summed E-state index contributed by atoms with van der Waals surface area (Å²) < 4.78 is 18.5.